The zero-order valence-corrected chi connectivity index (χ0v) is 8.08. The summed E-state index contributed by atoms with van der Waals surface area (Å²) in [6.07, 6.45) is 1.70. The second-order valence-electron chi connectivity index (χ2n) is 3.53. The van der Waals surface area contributed by atoms with Crippen molar-refractivity contribution in [2.24, 2.45) is 5.92 Å². The van der Waals surface area contributed by atoms with Crippen molar-refractivity contribution >= 4 is 18.1 Å². The summed E-state index contributed by atoms with van der Waals surface area (Å²) in [7, 11) is 0. The molecule has 5 heteroatoms. The molecule has 0 aliphatic carbocycles. The summed E-state index contributed by atoms with van der Waals surface area (Å²) in [4.78, 5) is 32.3. The number of hydrogen-bond acceptors (Lipinski definition) is 4. The number of hydrogen-bond donors (Lipinski definition) is 2. The van der Waals surface area contributed by atoms with E-state index in [1.165, 1.54) is 0 Å². The molecule has 0 spiro atoms. The van der Waals surface area contributed by atoms with E-state index in [2.05, 4.69) is 10.6 Å². The number of aldehydes is 1. The molecule has 1 aliphatic rings. The number of imide groups is 1. The van der Waals surface area contributed by atoms with Crippen molar-refractivity contribution in [1.29, 1.82) is 0 Å². The first kappa shape index (κ1) is 10.8. The number of amides is 2. The van der Waals surface area contributed by atoms with E-state index in [1.54, 1.807) is 6.92 Å². The molecule has 2 unspecified atom stereocenters. The van der Waals surface area contributed by atoms with E-state index in [-0.39, 0.29) is 23.8 Å². The van der Waals surface area contributed by atoms with Crippen LogP contribution in [0, 0.1) is 5.92 Å². The van der Waals surface area contributed by atoms with Gasteiger partial charge in [0, 0.05) is 18.9 Å². The first-order valence-corrected chi connectivity index (χ1v) is 4.66. The summed E-state index contributed by atoms with van der Waals surface area (Å²) < 4.78 is 0. The van der Waals surface area contributed by atoms with Gasteiger partial charge in [0.2, 0.25) is 11.8 Å². The van der Waals surface area contributed by atoms with Crippen molar-refractivity contribution in [3.05, 3.63) is 0 Å². The van der Waals surface area contributed by atoms with Gasteiger partial charge < -0.3 is 10.1 Å². The lowest BCUT2D eigenvalue weighted by Crippen LogP contribution is -2.51. The van der Waals surface area contributed by atoms with E-state index in [1.807, 2.05) is 0 Å². The average molecular weight is 198 g/mol. The molecule has 78 valence electrons. The van der Waals surface area contributed by atoms with Gasteiger partial charge in [-0.05, 0) is 6.42 Å². The Bertz CT molecular complexity index is 252. The fourth-order valence-corrected chi connectivity index (χ4v) is 1.26. The monoisotopic (exact) mass is 198 g/mol. The van der Waals surface area contributed by atoms with Crippen LogP contribution in [0.1, 0.15) is 19.8 Å². The third-order valence-electron chi connectivity index (χ3n) is 2.16. The van der Waals surface area contributed by atoms with Crippen LogP contribution in [0.4, 0.5) is 0 Å². The van der Waals surface area contributed by atoms with Gasteiger partial charge in [0.05, 0.1) is 6.04 Å². The summed E-state index contributed by atoms with van der Waals surface area (Å²) in [6, 6.07) is -0.338. The Balaban J connectivity index is 2.34. The molecule has 1 fully saturated rings. The molecular weight excluding hydrogens is 184 g/mol. The second-order valence-corrected chi connectivity index (χ2v) is 3.53. The fourth-order valence-electron chi connectivity index (χ4n) is 1.26. The summed E-state index contributed by atoms with van der Waals surface area (Å²) in [5.41, 5.74) is 0. The quantitative estimate of drug-likeness (QED) is 0.459. The van der Waals surface area contributed by atoms with Gasteiger partial charge in [0.15, 0.2) is 0 Å². The van der Waals surface area contributed by atoms with Crippen molar-refractivity contribution in [1.82, 2.24) is 10.6 Å². The van der Waals surface area contributed by atoms with Gasteiger partial charge in [-0.25, -0.2) is 0 Å². The maximum absolute atomic E-state index is 11.2. The van der Waals surface area contributed by atoms with Crippen molar-refractivity contribution in [3.8, 4) is 0 Å². The highest BCUT2D eigenvalue weighted by Gasteiger charge is 2.25. The standard InChI is InChI=1S/C9H14N2O3/c1-6(5-12)4-10-7-2-3-8(13)11-9(7)14/h5-7,10H,2-4H2,1H3,(H,11,13,14). The summed E-state index contributed by atoms with van der Waals surface area (Å²) >= 11 is 0. The van der Waals surface area contributed by atoms with Crippen LogP contribution < -0.4 is 10.6 Å². The molecule has 2 N–H and O–H groups in total. The lowest BCUT2D eigenvalue weighted by atomic mass is 10.1. The number of carbonyl (C=O) groups is 3. The Morgan fingerprint density at radius 2 is 2.36 bits per heavy atom. The molecule has 2 atom stereocenters. The SMILES string of the molecule is CC(C=O)CNC1CCC(=O)NC1=O. The number of nitrogens with one attached hydrogen (secondary N) is 2. The van der Waals surface area contributed by atoms with Crippen LogP contribution in [0.5, 0.6) is 0 Å². The van der Waals surface area contributed by atoms with E-state index in [9.17, 15) is 14.4 Å². The Morgan fingerprint density at radius 1 is 1.64 bits per heavy atom. The van der Waals surface area contributed by atoms with Crippen molar-refractivity contribution in [2.75, 3.05) is 6.54 Å². The van der Waals surface area contributed by atoms with Crippen LogP contribution in [0.25, 0.3) is 0 Å². The molecule has 0 aromatic heterocycles. The summed E-state index contributed by atoms with van der Waals surface area (Å²) in [5, 5.41) is 5.19. The largest absolute Gasteiger partial charge is 0.305 e. The zero-order valence-electron chi connectivity index (χ0n) is 8.08. The van der Waals surface area contributed by atoms with E-state index in [0.29, 0.717) is 19.4 Å². The van der Waals surface area contributed by atoms with Crippen LogP contribution in [0.3, 0.4) is 0 Å². The molecule has 0 radical (unpaired) electrons. The maximum Gasteiger partial charge on any atom is 0.243 e. The number of carbonyl (C=O) groups excluding carboxylic acids is 3. The smallest absolute Gasteiger partial charge is 0.243 e. The molecular formula is C9H14N2O3. The first-order valence-electron chi connectivity index (χ1n) is 4.66. The van der Waals surface area contributed by atoms with Crippen molar-refractivity contribution in [2.45, 2.75) is 25.8 Å². The molecule has 1 rings (SSSR count). The molecule has 0 saturated carbocycles. The number of rotatable bonds is 4. The minimum absolute atomic E-state index is 0.111. The minimum Gasteiger partial charge on any atom is -0.305 e. The predicted octanol–water partition coefficient (Wildman–Crippen LogP) is -0.784. The van der Waals surface area contributed by atoms with Crippen LogP contribution >= 0.6 is 0 Å². The number of piperidine rings is 1. The van der Waals surface area contributed by atoms with E-state index < -0.39 is 0 Å². The lowest BCUT2D eigenvalue weighted by Gasteiger charge is -2.22. The fraction of sp³-hybridized carbons (Fsp3) is 0.667. The maximum atomic E-state index is 11.2. The lowest BCUT2D eigenvalue weighted by molar-refractivity contribution is -0.134. The van der Waals surface area contributed by atoms with Crippen LogP contribution in [-0.4, -0.2) is 30.7 Å². The zero-order chi connectivity index (χ0) is 10.6. The molecule has 1 saturated heterocycles. The van der Waals surface area contributed by atoms with Gasteiger partial charge in [-0.3, -0.25) is 14.9 Å². The third kappa shape index (κ3) is 2.92. The molecule has 0 bridgehead atoms. The first-order chi connectivity index (χ1) is 6.63. The molecule has 1 heterocycles. The van der Waals surface area contributed by atoms with Gasteiger partial charge in [-0.1, -0.05) is 6.92 Å². The van der Waals surface area contributed by atoms with Crippen LogP contribution in [-0.2, 0) is 14.4 Å². The highest BCUT2D eigenvalue weighted by atomic mass is 16.2. The molecule has 0 aromatic carbocycles. The van der Waals surface area contributed by atoms with Gasteiger partial charge in [0.25, 0.3) is 0 Å². The topological polar surface area (TPSA) is 75.3 Å². The van der Waals surface area contributed by atoms with E-state index in [4.69, 9.17) is 0 Å². The van der Waals surface area contributed by atoms with E-state index >= 15 is 0 Å². The van der Waals surface area contributed by atoms with E-state index in [0.717, 1.165) is 6.29 Å². The highest BCUT2D eigenvalue weighted by Crippen LogP contribution is 2.04. The second kappa shape index (κ2) is 4.85. The molecule has 0 aromatic rings. The Kier molecular flexibility index (Phi) is 3.76. The predicted molar refractivity (Wildman–Crippen MR) is 49.4 cm³/mol. The minimum atomic E-state index is -0.338. The van der Waals surface area contributed by atoms with Gasteiger partial charge >= 0.3 is 0 Å². The van der Waals surface area contributed by atoms with Crippen molar-refractivity contribution in [3.63, 3.8) is 0 Å². The van der Waals surface area contributed by atoms with Crippen LogP contribution in [0.2, 0.25) is 0 Å². The molecule has 1 aliphatic heterocycles. The third-order valence-corrected chi connectivity index (χ3v) is 2.16. The van der Waals surface area contributed by atoms with Gasteiger partial charge in [-0.2, -0.15) is 0 Å². The Morgan fingerprint density at radius 3 is 2.93 bits per heavy atom. The average Bonchev–Trinajstić information content (AvgIpc) is 2.16. The Labute approximate surface area is 82.2 Å². The highest BCUT2D eigenvalue weighted by molar-refractivity contribution is 6.00. The summed E-state index contributed by atoms with van der Waals surface area (Å²) in [6.45, 7) is 2.24. The van der Waals surface area contributed by atoms with Crippen molar-refractivity contribution < 1.29 is 14.4 Å². The Hall–Kier alpha value is -1.23. The summed E-state index contributed by atoms with van der Waals surface area (Å²) in [5.74, 6) is -0.628. The normalized spacial score (nSPS) is 24.2. The molecule has 14 heavy (non-hydrogen) atoms. The van der Waals surface area contributed by atoms with Gasteiger partial charge in [0.1, 0.15) is 6.29 Å². The molecule has 2 amide bonds. The molecule has 5 nitrogen and oxygen atoms in total. The van der Waals surface area contributed by atoms with Gasteiger partial charge in [-0.15, -0.1) is 0 Å². The van der Waals surface area contributed by atoms with Crippen LogP contribution in [0.15, 0.2) is 0 Å².